The van der Waals surface area contributed by atoms with E-state index in [0.717, 1.165) is 19.5 Å². The maximum Gasteiger partial charge on any atom is 0.203 e. The lowest BCUT2D eigenvalue weighted by Gasteiger charge is -2.12. The molecule has 0 saturated carbocycles. The van der Waals surface area contributed by atoms with Crippen LogP contribution >= 0.6 is 0 Å². The van der Waals surface area contributed by atoms with Gasteiger partial charge < -0.3 is 10.4 Å². The molecule has 1 aliphatic heterocycles. The molecule has 0 aromatic carbocycles. The first-order valence-electron chi connectivity index (χ1n) is 4.40. The van der Waals surface area contributed by atoms with Crippen LogP contribution in [0.5, 0.6) is 0 Å². The second-order valence-electron chi connectivity index (χ2n) is 3.33. The molecule has 6 heteroatoms. The van der Waals surface area contributed by atoms with Gasteiger partial charge in [0.05, 0.1) is 7.05 Å². The van der Waals surface area contributed by atoms with Crippen molar-refractivity contribution in [1.82, 2.24) is 25.5 Å². The van der Waals surface area contributed by atoms with Gasteiger partial charge in [0.15, 0.2) is 0 Å². The Morgan fingerprint density at radius 2 is 2.54 bits per heavy atom. The second kappa shape index (κ2) is 3.39. The predicted octanol–water partition coefficient (Wildman–Crippen LogP) is -1.15. The molecular weight excluding hydrogens is 170 g/mol. The Labute approximate surface area is 75.9 Å². The van der Waals surface area contributed by atoms with E-state index in [-0.39, 0.29) is 5.92 Å². The number of aryl methyl sites for hydroxylation is 1. The summed E-state index contributed by atoms with van der Waals surface area (Å²) in [5.41, 5.74) is 0. The highest BCUT2D eigenvalue weighted by atomic mass is 16.3. The van der Waals surface area contributed by atoms with Gasteiger partial charge >= 0.3 is 0 Å². The van der Waals surface area contributed by atoms with Crippen LogP contribution in [0.25, 0.3) is 0 Å². The summed E-state index contributed by atoms with van der Waals surface area (Å²) in [7, 11) is 1.69. The lowest BCUT2D eigenvalue weighted by atomic mass is 10.0. The quantitative estimate of drug-likeness (QED) is 0.605. The molecule has 13 heavy (non-hydrogen) atoms. The highest BCUT2D eigenvalue weighted by Crippen LogP contribution is 2.23. The molecule has 0 radical (unpaired) electrons. The molecule has 6 nitrogen and oxygen atoms in total. The Morgan fingerprint density at radius 3 is 3.08 bits per heavy atom. The van der Waals surface area contributed by atoms with Crippen LogP contribution in [-0.2, 0) is 7.05 Å². The molecule has 2 unspecified atom stereocenters. The van der Waals surface area contributed by atoms with Crippen LogP contribution in [0.2, 0.25) is 0 Å². The van der Waals surface area contributed by atoms with E-state index in [1.807, 2.05) is 0 Å². The number of aliphatic hydroxyl groups is 1. The summed E-state index contributed by atoms with van der Waals surface area (Å²) in [6.07, 6.45) is 0.392. The maximum absolute atomic E-state index is 9.82. The Bertz CT molecular complexity index is 280. The Hall–Kier alpha value is -1.01. The van der Waals surface area contributed by atoms with Gasteiger partial charge in [-0.2, -0.15) is 4.80 Å². The van der Waals surface area contributed by atoms with Crippen LogP contribution in [0, 0.1) is 5.92 Å². The second-order valence-corrected chi connectivity index (χ2v) is 3.33. The molecule has 1 fully saturated rings. The molecule has 2 atom stereocenters. The molecule has 0 aliphatic carbocycles. The van der Waals surface area contributed by atoms with Gasteiger partial charge in [-0.1, -0.05) is 0 Å². The Balaban J connectivity index is 2.07. The average molecular weight is 183 g/mol. The van der Waals surface area contributed by atoms with E-state index < -0.39 is 6.10 Å². The minimum atomic E-state index is -0.580. The third-order valence-corrected chi connectivity index (χ3v) is 2.33. The summed E-state index contributed by atoms with van der Waals surface area (Å²) in [5, 5.41) is 24.4. The third-order valence-electron chi connectivity index (χ3n) is 2.33. The van der Waals surface area contributed by atoms with Crippen LogP contribution in [-0.4, -0.2) is 38.4 Å². The van der Waals surface area contributed by atoms with Crippen molar-refractivity contribution in [3.05, 3.63) is 5.82 Å². The van der Waals surface area contributed by atoms with Crippen LogP contribution in [0.15, 0.2) is 0 Å². The largest absolute Gasteiger partial charge is 0.385 e. The van der Waals surface area contributed by atoms with Crippen molar-refractivity contribution in [3.8, 4) is 0 Å². The molecule has 1 aromatic heterocycles. The van der Waals surface area contributed by atoms with Crippen molar-refractivity contribution in [2.75, 3.05) is 13.1 Å². The molecule has 2 N–H and O–H groups in total. The summed E-state index contributed by atoms with van der Waals surface area (Å²) in [5.74, 6) is 0.653. The van der Waals surface area contributed by atoms with E-state index in [2.05, 4.69) is 20.7 Å². The van der Waals surface area contributed by atoms with Gasteiger partial charge in [0.1, 0.15) is 6.10 Å². The van der Waals surface area contributed by atoms with Crippen molar-refractivity contribution in [2.24, 2.45) is 13.0 Å². The van der Waals surface area contributed by atoms with Crippen molar-refractivity contribution in [1.29, 1.82) is 0 Å². The van der Waals surface area contributed by atoms with E-state index in [1.54, 1.807) is 7.05 Å². The number of nitrogens with zero attached hydrogens (tertiary/aromatic N) is 4. The predicted molar refractivity (Wildman–Crippen MR) is 44.7 cm³/mol. The van der Waals surface area contributed by atoms with Crippen LogP contribution in [0.4, 0.5) is 0 Å². The number of aliphatic hydroxyl groups excluding tert-OH is 1. The molecule has 1 saturated heterocycles. The zero-order valence-corrected chi connectivity index (χ0v) is 7.51. The molecule has 2 heterocycles. The van der Waals surface area contributed by atoms with E-state index >= 15 is 0 Å². The molecule has 2 rings (SSSR count). The number of rotatable bonds is 2. The fourth-order valence-electron chi connectivity index (χ4n) is 1.57. The van der Waals surface area contributed by atoms with Crippen LogP contribution in [0.3, 0.4) is 0 Å². The lowest BCUT2D eigenvalue weighted by Crippen LogP contribution is -2.17. The van der Waals surface area contributed by atoms with Crippen molar-refractivity contribution < 1.29 is 5.11 Å². The van der Waals surface area contributed by atoms with Gasteiger partial charge in [-0.05, 0) is 18.2 Å². The molecule has 0 amide bonds. The third kappa shape index (κ3) is 1.68. The summed E-state index contributed by atoms with van der Waals surface area (Å²) in [6.45, 7) is 1.79. The van der Waals surface area contributed by atoms with Gasteiger partial charge in [0.2, 0.25) is 5.82 Å². The number of tetrazole rings is 1. The number of hydrogen-bond acceptors (Lipinski definition) is 5. The zero-order chi connectivity index (χ0) is 9.26. The van der Waals surface area contributed by atoms with Crippen LogP contribution < -0.4 is 5.32 Å². The summed E-state index contributed by atoms with van der Waals surface area (Å²) in [6, 6.07) is 0. The first-order chi connectivity index (χ1) is 6.27. The fourth-order valence-corrected chi connectivity index (χ4v) is 1.57. The highest BCUT2D eigenvalue weighted by molar-refractivity contribution is 4.91. The Morgan fingerprint density at radius 1 is 1.69 bits per heavy atom. The smallest absolute Gasteiger partial charge is 0.203 e. The van der Waals surface area contributed by atoms with Gasteiger partial charge in [-0.3, -0.25) is 0 Å². The topological polar surface area (TPSA) is 75.9 Å². The van der Waals surface area contributed by atoms with E-state index in [4.69, 9.17) is 0 Å². The number of aromatic nitrogens is 4. The SMILES string of the molecule is Cn1nnc(C(O)C2CCNC2)n1. The van der Waals surface area contributed by atoms with Gasteiger partial charge in [-0.25, -0.2) is 0 Å². The monoisotopic (exact) mass is 183 g/mol. The lowest BCUT2D eigenvalue weighted by molar-refractivity contribution is 0.109. The maximum atomic E-state index is 9.82. The average Bonchev–Trinajstić information content (AvgIpc) is 2.72. The summed E-state index contributed by atoms with van der Waals surface area (Å²) >= 11 is 0. The number of hydrogen-bond donors (Lipinski definition) is 2. The Kier molecular flexibility index (Phi) is 2.24. The minimum Gasteiger partial charge on any atom is -0.385 e. The minimum absolute atomic E-state index is 0.226. The van der Waals surface area contributed by atoms with Gasteiger partial charge in [-0.15, -0.1) is 10.2 Å². The van der Waals surface area contributed by atoms with Crippen molar-refractivity contribution >= 4 is 0 Å². The first-order valence-corrected chi connectivity index (χ1v) is 4.40. The van der Waals surface area contributed by atoms with Crippen LogP contribution in [0.1, 0.15) is 18.3 Å². The highest BCUT2D eigenvalue weighted by Gasteiger charge is 2.27. The standard InChI is InChI=1S/C7H13N5O/c1-12-10-7(9-11-12)6(13)5-2-3-8-4-5/h5-6,8,13H,2-4H2,1H3. The van der Waals surface area contributed by atoms with E-state index in [1.165, 1.54) is 4.80 Å². The van der Waals surface area contributed by atoms with Gasteiger partial charge in [0, 0.05) is 12.5 Å². The van der Waals surface area contributed by atoms with E-state index in [0.29, 0.717) is 5.82 Å². The fraction of sp³-hybridized carbons (Fsp3) is 0.857. The molecule has 0 spiro atoms. The molecule has 1 aliphatic rings. The zero-order valence-electron chi connectivity index (χ0n) is 7.51. The summed E-state index contributed by atoms with van der Waals surface area (Å²) in [4.78, 5) is 1.36. The molecule has 1 aromatic rings. The van der Waals surface area contributed by atoms with Crippen molar-refractivity contribution in [2.45, 2.75) is 12.5 Å². The summed E-state index contributed by atoms with van der Waals surface area (Å²) < 4.78 is 0. The number of nitrogens with one attached hydrogen (secondary N) is 1. The first kappa shape index (κ1) is 8.58. The van der Waals surface area contributed by atoms with Gasteiger partial charge in [0.25, 0.3) is 0 Å². The van der Waals surface area contributed by atoms with Crippen molar-refractivity contribution in [3.63, 3.8) is 0 Å². The molecule has 72 valence electrons. The normalized spacial score (nSPS) is 24.9. The molecule has 0 bridgehead atoms. The van der Waals surface area contributed by atoms with E-state index in [9.17, 15) is 5.11 Å². The molecular formula is C7H13N5O.